The number of piperidine rings is 1. The average molecular weight is 361 g/mol. The van der Waals surface area contributed by atoms with Gasteiger partial charge in [0.25, 0.3) is 0 Å². The van der Waals surface area contributed by atoms with Gasteiger partial charge in [0, 0.05) is 19.4 Å². The molecule has 138 valence electrons. The molecular weight excluding hydrogens is 342 g/mol. The lowest BCUT2D eigenvalue weighted by Gasteiger charge is -2.33. The highest BCUT2D eigenvalue weighted by molar-refractivity contribution is 5.93. The minimum Gasteiger partial charge on any atom is -0.480 e. The van der Waals surface area contributed by atoms with Crippen molar-refractivity contribution < 1.29 is 19.5 Å². The number of aromatic amines is 2. The van der Waals surface area contributed by atoms with E-state index in [2.05, 4.69) is 20.3 Å². The molecule has 0 bridgehead atoms. The van der Waals surface area contributed by atoms with Crippen molar-refractivity contribution in [3.05, 3.63) is 22.6 Å². The van der Waals surface area contributed by atoms with Crippen molar-refractivity contribution in [1.82, 2.24) is 19.9 Å². The Kier molecular flexibility index (Phi) is 5.01. The summed E-state index contributed by atoms with van der Waals surface area (Å²) in [6.45, 7) is 0.399. The molecule has 2 aromatic rings. The SMILES string of the molecule is O=C(CCC(=O)N1CCCCC1C(=O)O)Nc1ccc2[nH]c(=O)[nH]c2n1. The van der Waals surface area contributed by atoms with Crippen LogP contribution in [0.1, 0.15) is 32.1 Å². The van der Waals surface area contributed by atoms with E-state index >= 15 is 0 Å². The summed E-state index contributed by atoms with van der Waals surface area (Å²) >= 11 is 0. The van der Waals surface area contributed by atoms with Crippen LogP contribution in [0.15, 0.2) is 16.9 Å². The number of pyridine rings is 1. The number of carbonyl (C=O) groups is 3. The summed E-state index contributed by atoms with van der Waals surface area (Å²) in [7, 11) is 0. The normalized spacial score (nSPS) is 17.2. The number of likely N-dealkylation sites (tertiary alicyclic amines) is 1. The van der Waals surface area contributed by atoms with Gasteiger partial charge in [-0.25, -0.2) is 14.6 Å². The van der Waals surface area contributed by atoms with Crippen molar-refractivity contribution >= 4 is 34.8 Å². The summed E-state index contributed by atoms with van der Waals surface area (Å²) in [5.41, 5.74) is 0.450. The van der Waals surface area contributed by atoms with E-state index < -0.39 is 23.6 Å². The number of nitrogens with one attached hydrogen (secondary N) is 3. The molecule has 1 aliphatic heterocycles. The molecule has 1 saturated heterocycles. The zero-order chi connectivity index (χ0) is 18.7. The average Bonchev–Trinajstić information content (AvgIpc) is 2.99. The second-order valence-corrected chi connectivity index (χ2v) is 6.16. The van der Waals surface area contributed by atoms with Gasteiger partial charge in [-0.15, -0.1) is 0 Å². The minimum atomic E-state index is -1.01. The van der Waals surface area contributed by atoms with Crippen molar-refractivity contribution in [2.24, 2.45) is 0 Å². The summed E-state index contributed by atoms with van der Waals surface area (Å²) in [5.74, 6) is -1.51. The lowest BCUT2D eigenvalue weighted by atomic mass is 10.0. The molecule has 1 unspecified atom stereocenters. The number of aliphatic carboxylic acids is 1. The Balaban J connectivity index is 1.56. The zero-order valence-corrected chi connectivity index (χ0v) is 13.9. The maximum absolute atomic E-state index is 12.3. The van der Waals surface area contributed by atoms with Crippen molar-refractivity contribution in [2.45, 2.75) is 38.1 Å². The smallest absolute Gasteiger partial charge is 0.326 e. The molecule has 26 heavy (non-hydrogen) atoms. The first-order chi connectivity index (χ1) is 12.4. The molecule has 1 fully saturated rings. The molecule has 2 amide bonds. The number of nitrogens with zero attached hydrogens (tertiary/aromatic N) is 2. The summed E-state index contributed by atoms with van der Waals surface area (Å²) in [5, 5.41) is 11.8. The van der Waals surface area contributed by atoms with E-state index in [1.807, 2.05) is 0 Å². The fourth-order valence-electron chi connectivity index (χ4n) is 3.04. The highest BCUT2D eigenvalue weighted by Gasteiger charge is 2.31. The van der Waals surface area contributed by atoms with E-state index in [1.54, 1.807) is 6.07 Å². The van der Waals surface area contributed by atoms with Gasteiger partial charge in [0.2, 0.25) is 11.8 Å². The van der Waals surface area contributed by atoms with Crippen molar-refractivity contribution in [1.29, 1.82) is 0 Å². The summed E-state index contributed by atoms with van der Waals surface area (Å²) in [6.07, 6.45) is 1.83. The maximum Gasteiger partial charge on any atom is 0.326 e. The lowest BCUT2D eigenvalue weighted by molar-refractivity contribution is -0.152. The molecule has 0 saturated carbocycles. The Morgan fingerprint density at radius 2 is 2.04 bits per heavy atom. The van der Waals surface area contributed by atoms with Gasteiger partial charge < -0.3 is 20.3 Å². The maximum atomic E-state index is 12.3. The molecule has 0 radical (unpaired) electrons. The Hall–Kier alpha value is -3.17. The third-order valence-corrected chi connectivity index (χ3v) is 4.32. The third kappa shape index (κ3) is 3.90. The van der Waals surface area contributed by atoms with Gasteiger partial charge in [0.15, 0.2) is 5.65 Å². The Morgan fingerprint density at radius 1 is 1.23 bits per heavy atom. The van der Waals surface area contributed by atoms with Crippen LogP contribution < -0.4 is 11.0 Å². The van der Waals surface area contributed by atoms with Crippen LogP contribution in [0.25, 0.3) is 11.2 Å². The molecule has 1 atom stereocenters. The predicted octanol–water partition coefficient (Wildman–Crippen LogP) is 0.436. The van der Waals surface area contributed by atoms with Crippen LogP contribution in [-0.4, -0.2) is 55.3 Å². The molecule has 1 aliphatic rings. The summed E-state index contributed by atoms with van der Waals surface area (Å²) in [4.78, 5) is 57.2. The van der Waals surface area contributed by atoms with Gasteiger partial charge in [0.1, 0.15) is 11.9 Å². The first-order valence-corrected chi connectivity index (χ1v) is 8.35. The Labute approximate surface area is 147 Å². The molecule has 10 nitrogen and oxygen atoms in total. The van der Waals surface area contributed by atoms with Crippen LogP contribution in [0.2, 0.25) is 0 Å². The van der Waals surface area contributed by atoms with Gasteiger partial charge in [-0.05, 0) is 31.4 Å². The summed E-state index contributed by atoms with van der Waals surface area (Å²) < 4.78 is 0. The number of hydrogen-bond acceptors (Lipinski definition) is 5. The van der Waals surface area contributed by atoms with Crippen LogP contribution in [-0.2, 0) is 14.4 Å². The molecule has 3 heterocycles. The van der Waals surface area contributed by atoms with E-state index in [4.69, 9.17) is 0 Å². The van der Waals surface area contributed by atoms with Crippen molar-refractivity contribution in [3.8, 4) is 0 Å². The summed E-state index contributed by atoms with van der Waals surface area (Å²) in [6, 6.07) is 2.33. The molecule has 10 heteroatoms. The number of aromatic nitrogens is 3. The minimum absolute atomic E-state index is 0.0706. The second-order valence-electron chi connectivity index (χ2n) is 6.16. The van der Waals surface area contributed by atoms with Crippen LogP contribution in [0.5, 0.6) is 0 Å². The number of rotatable bonds is 5. The first-order valence-electron chi connectivity index (χ1n) is 8.35. The molecule has 3 rings (SSSR count). The number of amides is 2. The van der Waals surface area contributed by atoms with Gasteiger partial charge in [-0.3, -0.25) is 14.6 Å². The van der Waals surface area contributed by atoms with E-state index in [0.717, 1.165) is 12.8 Å². The molecule has 0 aliphatic carbocycles. The third-order valence-electron chi connectivity index (χ3n) is 4.32. The number of carbonyl (C=O) groups excluding carboxylic acids is 2. The zero-order valence-electron chi connectivity index (χ0n) is 13.9. The fraction of sp³-hybridized carbons (Fsp3) is 0.438. The molecule has 2 aromatic heterocycles. The quantitative estimate of drug-likeness (QED) is 0.607. The predicted molar refractivity (Wildman–Crippen MR) is 91.6 cm³/mol. The molecular formula is C16H19N5O5. The Bertz CT molecular complexity index is 902. The van der Waals surface area contributed by atoms with Gasteiger partial charge in [0.05, 0.1) is 5.52 Å². The first kappa shape index (κ1) is 17.6. The topological polar surface area (TPSA) is 148 Å². The number of fused-ring (bicyclic) bond motifs is 1. The van der Waals surface area contributed by atoms with E-state index in [9.17, 15) is 24.3 Å². The number of hydrogen-bond donors (Lipinski definition) is 4. The van der Waals surface area contributed by atoms with Crippen LogP contribution in [0, 0.1) is 0 Å². The molecule has 0 spiro atoms. The van der Waals surface area contributed by atoms with Gasteiger partial charge in [-0.1, -0.05) is 0 Å². The Morgan fingerprint density at radius 3 is 2.81 bits per heavy atom. The monoisotopic (exact) mass is 361 g/mol. The van der Waals surface area contributed by atoms with E-state index in [-0.39, 0.29) is 24.6 Å². The molecule has 4 N–H and O–H groups in total. The van der Waals surface area contributed by atoms with E-state index in [0.29, 0.717) is 24.1 Å². The number of carboxylic acids is 1. The number of imidazole rings is 1. The highest BCUT2D eigenvalue weighted by Crippen LogP contribution is 2.19. The van der Waals surface area contributed by atoms with Crippen molar-refractivity contribution in [2.75, 3.05) is 11.9 Å². The van der Waals surface area contributed by atoms with Gasteiger partial charge >= 0.3 is 11.7 Å². The number of carboxylic acid groups (broad SMARTS) is 1. The van der Waals surface area contributed by atoms with E-state index in [1.165, 1.54) is 11.0 Å². The van der Waals surface area contributed by atoms with Crippen molar-refractivity contribution in [3.63, 3.8) is 0 Å². The van der Waals surface area contributed by atoms with Gasteiger partial charge in [-0.2, -0.15) is 0 Å². The largest absolute Gasteiger partial charge is 0.480 e. The van der Waals surface area contributed by atoms with Crippen LogP contribution in [0.3, 0.4) is 0 Å². The highest BCUT2D eigenvalue weighted by atomic mass is 16.4. The second kappa shape index (κ2) is 7.38. The lowest BCUT2D eigenvalue weighted by Crippen LogP contribution is -2.48. The fourth-order valence-corrected chi connectivity index (χ4v) is 3.04. The van der Waals surface area contributed by atoms with Crippen LogP contribution in [0.4, 0.5) is 5.82 Å². The number of H-pyrrole nitrogens is 2. The van der Waals surface area contributed by atoms with Crippen LogP contribution >= 0.6 is 0 Å². The molecule has 0 aromatic carbocycles. The number of anilines is 1. The standard InChI is InChI=1S/C16H19N5O5/c22-12(18-11-5-4-9-14(19-11)20-16(26)17-9)6-7-13(23)21-8-2-1-3-10(21)15(24)25/h4-5,10H,1-3,6-8H2,(H,24,25)(H3,17,18,19,20,22,26).